The highest BCUT2D eigenvalue weighted by Gasteiger charge is 2.27. The zero-order chi connectivity index (χ0) is 6.15. The number of halogens is 1. The minimum absolute atomic E-state index is 0.454. The van der Waals surface area contributed by atoms with E-state index in [0.717, 1.165) is 11.8 Å². The molecular formula is C7H13Cl. The van der Waals surface area contributed by atoms with E-state index in [4.69, 9.17) is 11.6 Å². The van der Waals surface area contributed by atoms with E-state index in [1.807, 2.05) is 0 Å². The minimum atomic E-state index is 0.454. The Hall–Kier alpha value is 0.290. The van der Waals surface area contributed by atoms with Crippen molar-refractivity contribution in [1.29, 1.82) is 0 Å². The maximum atomic E-state index is 6.01. The third-order valence-corrected chi connectivity index (χ3v) is 3.02. The minimum Gasteiger partial charge on any atom is -0.122 e. The summed E-state index contributed by atoms with van der Waals surface area (Å²) >= 11 is 6.01. The molecule has 0 aromatic rings. The van der Waals surface area contributed by atoms with Crippen LogP contribution in [0.4, 0.5) is 0 Å². The van der Waals surface area contributed by atoms with Gasteiger partial charge >= 0.3 is 0 Å². The molecule has 0 nitrogen and oxygen atoms in total. The molecule has 0 N–H and O–H groups in total. The van der Waals surface area contributed by atoms with E-state index in [0.29, 0.717) is 5.38 Å². The molecule has 48 valence electrons. The number of hydrogen-bond donors (Lipinski definition) is 0. The highest BCUT2D eigenvalue weighted by molar-refractivity contribution is 6.21. The second-order valence-electron chi connectivity index (χ2n) is 2.98. The summed E-state index contributed by atoms with van der Waals surface area (Å²) in [5.41, 5.74) is 0. The van der Waals surface area contributed by atoms with E-state index >= 15 is 0 Å². The van der Waals surface area contributed by atoms with Crippen molar-refractivity contribution in [3.8, 4) is 0 Å². The van der Waals surface area contributed by atoms with Crippen LogP contribution in [0.2, 0.25) is 0 Å². The topological polar surface area (TPSA) is 0 Å². The van der Waals surface area contributed by atoms with E-state index < -0.39 is 0 Å². The van der Waals surface area contributed by atoms with Crippen molar-refractivity contribution in [3.05, 3.63) is 0 Å². The van der Waals surface area contributed by atoms with Gasteiger partial charge in [0.1, 0.15) is 0 Å². The molecule has 1 heteroatoms. The first kappa shape index (κ1) is 6.41. The number of rotatable bonds is 0. The summed E-state index contributed by atoms with van der Waals surface area (Å²) in [7, 11) is 0. The fraction of sp³-hybridized carbons (Fsp3) is 1.00. The first-order valence-electron chi connectivity index (χ1n) is 3.36. The summed E-state index contributed by atoms with van der Waals surface area (Å²) in [6.07, 6.45) is 2.66. The average molecular weight is 133 g/mol. The summed E-state index contributed by atoms with van der Waals surface area (Å²) in [5, 5.41) is 0.454. The Morgan fingerprint density at radius 2 is 1.50 bits per heavy atom. The quantitative estimate of drug-likeness (QED) is 0.445. The summed E-state index contributed by atoms with van der Waals surface area (Å²) < 4.78 is 0. The van der Waals surface area contributed by atoms with Gasteiger partial charge in [-0.2, -0.15) is 0 Å². The Labute approximate surface area is 56.2 Å². The van der Waals surface area contributed by atoms with Gasteiger partial charge in [0.2, 0.25) is 0 Å². The van der Waals surface area contributed by atoms with Gasteiger partial charge in [-0.3, -0.25) is 0 Å². The Balaban J connectivity index is 2.44. The van der Waals surface area contributed by atoms with E-state index in [1.54, 1.807) is 0 Å². The smallest absolute Gasteiger partial charge is 0.0387 e. The van der Waals surface area contributed by atoms with Crippen LogP contribution in [-0.4, -0.2) is 5.38 Å². The fourth-order valence-corrected chi connectivity index (χ4v) is 1.66. The highest BCUT2D eigenvalue weighted by atomic mass is 35.5. The van der Waals surface area contributed by atoms with Crippen molar-refractivity contribution >= 4 is 11.6 Å². The average Bonchev–Trinajstić information content (AvgIpc) is 1.98. The van der Waals surface area contributed by atoms with Gasteiger partial charge in [0.05, 0.1) is 0 Å². The van der Waals surface area contributed by atoms with Crippen LogP contribution in [0, 0.1) is 11.8 Å². The van der Waals surface area contributed by atoms with E-state index in [-0.39, 0.29) is 0 Å². The summed E-state index contributed by atoms with van der Waals surface area (Å²) in [4.78, 5) is 0. The van der Waals surface area contributed by atoms with Crippen LogP contribution in [-0.2, 0) is 0 Å². The standard InChI is InChI=1S/C7H13Cl/c1-5-3-4-6(2)7(5)8/h5-7H,3-4H2,1-2H3/t5-,6?,7?/m0/s1. The van der Waals surface area contributed by atoms with Crippen molar-refractivity contribution < 1.29 is 0 Å². The first-order valence-corrected chi connectivity index (χ1v) is 3.79. The molecule has 0 amide bonds. The monoisotopic (exact) mass is 132 g/mol. The van der Waals surface area contributed by atoms with Crippen LogP contribution in [0.25, 0.3) is 0 Å². The highest BCUT2D eigenvalue weighted by Crippen LogP contribution is 2.34. The van der Waals surface area contributed by atoms with Gasteiger partial charge < -0.3 is 0 Å². The summed E-state index contributed by atoms with van der Waals surface area (Å²) in [6.45, 7) is 4.47. The molecule has 0 heterocycles. The molecule has 0 aromatic carbocycles. The maximum absolute atomic E-state index is 6.01. The number of hydrogen-bond acceptors (Lipinski definition) is 0. The molecule has 8 heavy (non-hydrogen) atoms. The Morgan fingerprint density at radius 3 is 1.62 bits per heavy atom. The van der Waals surface area contributed by atoms with Gasteiger partial charge in [-0.25, -0.2) is 0 Å². The summed E-state index contributed by atoms with van der Waals surface area (Å²) in [5.74, 6) is 1.51. The largest absolute Gasteiger partial charge is 0.122 e. The molecule has 0 bridgehead atoms. The van der Waals surface area contributed by atoms with Crippen LogP contribution in [0.5, 0.6) is 0 Å². The van der Waals surface area contributed by atoms with Crippen molar-refractivity contribution in [2.75, 3.05) is 0 Å². The van der Waals surface area contributed by atoms with Crippen LogP contribution in [0.15, 0.2) is 0 Å². The van der Waals surface area contributed by atoms with Crippen LogP contribution >= 0.6 is 11.6 Å². The lowest BCUT2D eigenvalue weighted by molar-refractivity contribution is 0.566. The van der Waals surface area contributed by atoms with E-state index in [1.165, 1.54) is 12.8 Å². The summed E-state index contributed by atoms with van der Waals surface area (Å²) in [6, 6.07) is 0. The zero-order valence-corrected chi connectivity index (χ0v) is 6.28. The molecule has 0 radical (unpaired) electrons. The molecule has 0 aromatic heterocycles. The van der Waals surface area contributed by atoms with Gasteiger partial charge in [-0.05, 0) is 24.7 Å². The molecule has 1 fully saturated rings. The Morgan fingerprint density at radius 1 is 1.12 bits per heavy atom. The van der Waals surface area contributed by atoms with Crippen LogP contribution in [0.3, 0.4) is 0 Å². The van der Waals surface area contributed by atoms with E-state index in [2.05, 4.69) is 13.8 Å². The SMILES string of the molecule is CC1CC[C@H](C)C1Cl. The zero-order valence-electron chi connectivity index (χ0n) is 5.52. The molecule has 0 aliphatic heterocycles. The second kappa shape index (κ2) is 2.26. The van der Waals surface area contributed by atoms with Crippen LogP contribution < -0.4 is 0 Å². The van der Waals surface area contributed by atoms with Gasteiger partial charge in [0.25, 0.3) is 0 Å². The lowest BCUT2D eigenvalue weighted by Gasteiger charge is -2.09. The predicted molar refractivity (Wildman–Crippen MR) is 37.2 cm³/mol. The normalized spacial score (nSPS) is 47.6. The number of alkyl halides is 1. The lowest BCUT2D eigenvalue weighted by Crippen LogP contribution is -2.08. The van der Waals surface area contributed by atoms with Gasteiger partial charge in [0, 0.05) is 5.38 Å². The first-order chi connectivity index (χ1) is 3.72. The third kappa shape index (κ3) is 0.997. The van der Waals surface area contributed by atoms with Gasteiger partial charge in [0.15, 0.2) is 0 Å². The fourth-order valence-electron chi connectivity index (χ4n) is 1.41. The molecule has 2 unspecified atom stereocenters. The predicted octanol–water partition coefficient (Wildman–Crippen LogP) is 2.66. The molecule has 0 spiro atoms. The molecule has 1 rings (SSSR count). The molecule has 1 aliphatic rings. The van der Waals surface area contributed by atoms with Gasteiger partial charge in [-0.1, -0.05) is 13.8 Å². The van der Waals surface area contributed by atoms with Gasteiger partial charge in [-0.15, -0.1) is 11.6 Å². The second-order valence-corrected chi connectivity index (χ2v) is 3.48. The molecule has 0 saturated heterocycles. The molecule has 3 atom stereocenters. The van der Waals surface area contributed by atoms with E-state index in [9.17, 15) is 0 Å². The third-order valence-electron chi connectivity index (χ3n) is 2.16. The molecule has 1 saturated carbocycles. The van der Waals surface area contributed by atoms with Crippen molar-refractivity contribution in [2.24, 2.45) is 11.8 Å². The Kier molecular flexibility index (Phi) is 1.81. The maximum Gasteiger partial charge on any atom is 0.0387 e. The Bertz CT molecular complexity index is 70.5. The molecular weight excluding hydrogens is 120 g/mol. The van der Waals surface area contributed by atoms with Crippen molar-refractivity contribution in [2.45, 2.75) is 32.1 Å². The van der Waals surface area contributed by atoms with Crippen molar-refractivity contribution in [3.63, 3.8) is 0 Å². The molecule has 1 aliphatic carbocycles. The van der Waals surface area contributed by atoms with Crippen LogP contribution in [0.1, 0.15) is 26.7 Å². The van der Waals surface area contributed by atoms with Crippen molar-refractivity contribution in [1.82, 2.24) is 0 Å². The lowest BCUT2D eigenvalue weighted by atomic mass is 10.1.